The van der Waals surface area contributed by atoms with E-state index in [4.69, 9.17) is 0 Å². The van der Waals surface area contributed by atoms with Crippen molar-refractivity contribution >= 4 is 42.7 Å². The number of imidazole rings is 1. The Bertz CT molecular complexity index is 738. The normalized spacial score (nSPS) is 12.0. The molecule has 5 nitrogen and oxygen atoms in total. The van der Waals surface area contributed by atoms with Crippen LogP contribution in [0.25, 0.3) is 11.0 Å². The molecule has 0 radical (unpaired) electrons. The number of H-pyrrole nitrogens is 1. The molecule has 0 aliphatic carbocycles. The summed E-state index contributed by atoms with van der Waals surface area (Å²) in [4.78, 5) is 7.54. The molecule has 0 aliphatic rings. The summed E-state index contributed by atoms with van der Waals surface area (Å²) in [6, 6.07) is 1.95. The summed E-state index contributed by atoms with van der Waals surface area (Å²) in [5, 5.41) is 0. The van der Waals surface area contributed by atoms with Gasteiger partial charge in [-0.15, -0.1) is 0 Å². The molecule has 7 heteroatoms. The van der Waals surface area contributed by atoms with E-state index in [1.807, 2.05) is 13.0 Å². The largest absolute Gasteiger partial charge is 0.342 e. The molecule has 2 N–H and O–H groups in total. The average Bonchev–Trinajstić information content (AvgIpc) is 2.67. The number of anilines is 1. The summed E-state index contributed by atoms with van der Waals surface area (Å²) in [6.45, 7) is 3.96. The van der Waals surface area contributed by atoms with Gasteiger partial charge in [-0.05, 0) is 31.4 Å². The average molecular weight is 360 g/mol. The number of hydrogen-bond donors (Lipinski definition) is 2. The molecule has 1 aromatic heterocycles. The number of fused-ring (bicyclic) bond motifs is 1. The van der Waals surface area contributed by atoms with E-state index >= 15 is 0 Å². The number of aromatic amines is 1. The Balaban J connectivity index is 2.67. The Hall–Kier alpha value is -1.08. The van der Waals surface area contributed by atoms with Crippen LogP contribution in [-0.4, -0.2) is 24.6 Å². The Morgan fingerprint density at radius 3 is 2.75 bits per heavy atom. The van der Waals surface area contributed by atoms with Gasteiger partial charge in [0.05, 0.1) is 17.5 Å². The molecule has 20 heavy (non-hydrogen) atoms. The van der Waals surface area contributed by atoms with E-state index in [1.54, 1.807) is 0 Å². The maximum absolute atomic E-state index is 11.6. The summed E-state index contributed by atoms with van der Waals surface area (Å²) in [5.74, 6) is 0.760. The van der Waals surface area contributed by atoms with E-state index in [0.29, 0.717) is 11.2 Å². The Morgan fingerprint density at radius 2 is 2.15 bits per heavy atom. The van der Waals surface area contributed by atoms with Gasteiger partial charge in [-0.1, -0.05) is 29.3 Å². The summed E-state index contributed by atoms with van der Waals surface area (Å²) in [6.07, 6.45) is 3.99. The molecule has 0 atom stereocenters. The maximum atomic E-state index is 11.6. The summed E-state index contributed by atoms with van der Waals surface area (Å²) in [7, 11) is -3.35. The summed E-state index contributed by atoms with van der Waals surface area (Å²) >= 11 is 3.53. The molecule has 110 valence electrons. The van der Waals surface area contributed by atoms with Crippen molar-refractivity contribution in [2.75, 3.05) is 11.0 Å². The van der Waals surface area contributed by atoms with Crippen molar-refractivity contribution in [2.24, 2.45) is 0 Å². The molecule has 1 heterocycles. The molecule has 0 fully saturated rings. The molecule has 0 unspecified atom stereocenters. The van der Waals surface area contributed by atoms with Gasteiger partial charge in [-0.25, -0.2) is 13.4 Å². The molecule has 2 aromatic rings. The van der Waals surface area contributed by atoms with Gasteiger partial charge in [-0.3, -0.25) is 4.72 Å². The monoisotopic (exact) mass is 359 g/mol. The van der Waals surface area contributed by atoms with Crippen LogP contribution in [-0.2, 0) is 16.4 Å². The SMILES string of the molecule is CCCCc1c(Br)cc2[nH]c(C)nc2c1NS(C)(=O)=O. The number of halogens is 1. The number of hydrogen-bond acceptors (Lipinski definition) is 3. The van der Waals surface area contributed by atoms with Crippen molar-refractivity contribution in [3.63, 3.8) is 0 Å². The number of aryl methyl sites for hydroxylation is 1. The zero-order chi connectivity index (χ0) is 14.9. The minimum absolute atomic E-state index is 0.578. The fourth-order valence-corrected chi connectivity index (χ4v) is 3.39. The maximum Gasteiger partial charge on any atom is 0.229 e. The van der Waals surface area contributed by atoms with Crippen molar-refractivity contribution in [3.05, 3.63) is 21.9 Å². The van der Waals surface area contributed by atoms with Crippen LogP contribution in [0.2, 0.25) is 0 Å². The van der Waals surface area contributed by atoms with E-state index in [1.165, 1.54) is 0 Å². The van der Waals surface area contributed by atoms with Crippen LogP contribution in [0.15, 0.2) is 10.5 Å². The number of unbranched alkanes of at least 4 members (excludes halogenated alkanes) is 1. The molecule has 0 saturated heterocycles. The Labute approximate surface area is 127 Å². The first-order valence-corrected chi connectivity index (χ1v) is 9.15. The topological polar surface area (TPSA) is 74.8 Å². The highest BCUT2D eigenvalue weighted by Gasteiger charge is 2.17. The standard InChI is InChI=1S/C13H18BrN3O2S/c1-4-5-6-9-10(14)7-11-13(16-8(2)15-11)12(9)17-20(3,18)19/h7,17H,4-6H2,1-3H3,(H,15,16). The smallest absolute Gasteiger partial charge is 0.229 e. The highest BCUT2D eigenvalue weighted by atomic mass is 79.9. The van der Waals surface area contributed by atoms with Gasteiger partial charge in [0, 0.05) is 4.47 Å². The van der Waals surface area contributed by atoms with Crippen LogP contribution in [0.5, 0.6) is 0 Å². The highest BCUT2D eigenvalue weighted by Crippen LogP contribution is 2.34. The molecule has 0 saturated carbocycles. The lowest BCUT2D eigenvalue weighted by atomic mass is 10.1. The summed E-state index contributed by atoms with van der Waals surface area (Å²) < 4.78 is 26.8. The van der Waals surface area contributed by atoms with Crippen LogP contribution in [0.1, 0.15) is 31.2 Å². The second kappa shape index (κ2) is 5.73. The van der Waals surface area contributed by atoms with Crippen LogP contribution in [0.4, 0.5) is 5.69 Å². The molecule has 0 bridgehead atoms. The van der Waals surface area contributed by atoms with Gasteiger partial charge in [-0.2, -0.15) is 0 Å². The van der Waals surface area contributed by atoms with Crippen molar-refractivity contribution in [3.8, 4) is 0 Å². The lowest BCUT2D eigenvalue weighted by molar-refractivity contribution is 0.606. The number of sulfonamides is 1. The molecule has 1 aromatic carbocycles. The van der Waals surface area contributed by atoms with E-state index in [2.05, 4.69) is 37.5 Å². The third-order valence-corrected chi connectivity index (χ3v) is 4.30. The number of rotatable bonds is 5. The lowest BCUT2D eigenvalue weighted by Gasteiger charge is -2.13. The number of aromatic nitrogens is 2. The van der Waals surface area contributed by atoms with E-state index in [-0.39, 0.29) is 0 Å². The first-order valence-electron chi connectivity index (χ1n) is 6.47. The predicted octanol–water partition coefficient (Wildman–Crippen LogP) is 3.35. The van der Waals surface area contributed by atoms with Crippen LogP contribution in [0.3, 0.4) is 0 Å². The minimum atomic E-state index is -3.35. The van der Waals surface area contributed by atoms with Crippen LogP contribution >= 0.6 is 15.9 Å². The van der Waals surface area contributed by atoms with Gasteiger partial charge in [0.25, 0.3) is 0 Å². The molecular formula is C13H18BrN3O2S. The molecular weight excluding hydrogens is 342 g/mol. The minimum Gasteiger partial charge on any atom is -0.342 e. The van der Waals surface area contributed by atoms with Crippen molar-refractivity contribution in [1.29, 1.82) is 0 Å². The first-order chi connectivity index (χ1) is 9.31. The van der Waals surface area contributed by atoms with Gasteiger partial charge >= 0.3 is 0 Å². The van der Waals surface area contributed by atoms with Crippen LogP contribution < -0.4 is 4.72 Å². The second-order valence-electron chi connectivity index (χ2n) is 4.91. The Kier molecular flexibility index (Phi) is 4.39. The van der Waals surface area contributed by atoms with E-state index in [9.17, 15) is 8.42 Å². The number of nitrogens with zero attached hydrogens (tertiary/aromatic N) is 1. The van der Waals surface area contributed by atoms with Crippen molar-refractivity contribution in [1.82, 2.24) is 9.97 Å². The Morgan fingerprint density at radius 1 is 1.45 bits per heavy atom. The van der Waals surface area contributed by atoms with Gasteiger partial charge in [0.15, 0.2) is 0 Å². The fourth-order valence-electron chi connectivity index (χ4n) is 2.17. The quantitative estimate of drug-likeness (QED) is 0.859. The second-order valence-corrected chi connectivity index (χ2v) is 7.51. The zero-order valence-corrected chi connectivity index (χ0v) is 14.2. The van der Waals surface area contributed by atoms with Crippen LogP contribution in [0, 0.1) is 6.92 Å². The van der Waals surface area contributed by atoms with E-state index in [0.717, 1.165) is 46.9 Å². The van der Waals surface area contributed by atoms with Gasteiger partial charge < -0.3 is 4.98 Å². The zero-order valence-electron chi connectivity index (χ0n) is 11.7. The van der Waals surface area contributed by atoms with Crippen molar-refractivity contribution < 1.29 is 8.42 Å². The van der Waals surface area contributed by atoms with Gasteiger partial charge in [0.2, 0.25) is 10.0 Å². The first kappa shape index (κ1) is 15.3. The molecule has 0 spiro atoms. The van der Waals surface area contributed by atoms with Gasteiger partial charge in [0.1, 0.15) is 11.3 Å². The third-order valence-electron chi connectivity index (χ3n) is 3.02. The molecule has 0 aliphatic heterocycles. The third kappa shape index (κ3) is 3.32. The van der Waals surface area contributed by atoms with E-state index < -0.39 is 10.0 Å². The molecule has 2 rings (SSSR count). The summed E-state index contributed by atoms with van der Waals surface area (Å²) in [5.41, 5.74) is 3.02. The number of nitrogens with one attached hydrogen (secondary N) is 2. The fraction of sp³-hybridized carbons (Fsp3) is 0.462. The highest BCUT2D eigenvalue weighted by molar-refractivity contribution is 9.10. The predicted molar refractivity (Wildman–Crippen MR) is 85.6 cm³/mol. The van der Waals surface area contributed by atoms with Crippen molar-refractivity contribution in [2.45, 2.75) is 33.1 Å². The lowest BCUT2D eigenvalue weighted by Crippen LogP contribution is -2.12. The molecule has 0 amide bonds. The number of benzene rings is 1.